The van der Waals surface area contributed by atoms with Crippen LogP contribution in [0.3, 0.4) is 0 Å². The number of hydrogen-bond acceptors (Lipinski definition) is 13. The lowest BCUT2D eigenvalue weighted by molar-refractivity contribution is -0.384. The number of aromatic amines is 1. The first-order valence-corrected chi connectivity index (χ1v) is 24.4. The third-order valence-corrected chi connectivity index (χ3v) is 14.7. The van der Waals surface area contributed by atoms with Crippen LogP contribution in [0.4, 0.5) is 17.1 Å². The summed E-state index contributed by atoms with van der Waals surface area (Å²) in [5.74, 6) is -0.494. The Bertz CT molecular complexity index is 2720. The van der Waals surface area contributed by atoms with Gasteiger partial charge in [0.1, 0.15) is 22.8 Å². The van der Waals surface area contributed by atoms with Crippen molar-refractivity contribution in [3.8, 4) is 11.5 Å². The summed E-state index contributed by atoms with van der Waals surface area (Å²) in [6.45, 7) is 11.7. The number of nitrogens with zero attached hydrogens (tertiary/aromatic N) is 5. The maximum Gasteiger partial charge on any atom is 0.293 e. The summed E-state index contributed by atoms with van der Waals surface area (Å²) >= 11 is 6.23. The maximum absolute atomic E-state index is 14.0. The number of benzene rings is 3. The van der Waals surface area contributed by atoms with E-state index in [-0.39, 0.29) is 28.6 Å². The number of pyridine rings is 1. The highest BCUT2D eigenvalue weighted by molar-refractivity contribution is 7.90. The highest BCUT2D eigenvalue weighted by Gasteiger charge is 2.32. The van der Waals surface area contributed by atoms with Crippen molar-refractivity contribution in [2.45, 2.75) is 68.5 Å². The number of rotatable bonds is 13. The predicted octanol–water partition coefficient (Wildman–Crippen LogP) is 7.87. The van der Waals surface area contributed by atoms with Gasteiger partial charge in [-0.15, -0.1) is 0 Å². The molecule has 18 heteroatoms. The molecule has 3 aromatic carbocycles. The van der Waals surface area contributed by atoms with Gasteiger partial charge in [0.05, 0.1) is 47.0 Å². The minimum absolute atomic E-state index is 0.00215. The van der Waals surface area contributed by atoms with Gasteiger partial charge in [-0.1, -0.05) is 23.7 Å². The predicted molar refractivity (Wildman–Crippen MR) is 254 cm³/mol. The van der Waals surface area contributed by atoms with Crippen molar-refractivity contribution in [2.24, 2.45) is 0 Å². The second-order valence-corrected chi connectivity index (χ2v) is 20.2. The van der Waals surface area contributed by atoms with E-state index in [9.17, 15) is 23.3 Å². The number of hydrogen-bond donors (Lipinski definition) is 3. The van der Waals surface area contributed by atoms with Gasteiger partial charge in [-0.25, -0.2) is 18.1 Å². The summed E-state index contributed by atoms with van der Waals surface area (Å²) in [4.78, 5) is 39.9. The molecule has 3 fully saturated rings. The van der Waals surface area contributed by atoms with Gasteiger partial charge in [0.25, 0.3) is 21.6 Å². The van der Waals surface area contributed by atoms with Crippen molar-refractivity contribution >= 4 is 61.2 Å². The van der Waals surface area contributed by atoms with E-state index in [1.165, 1.54) is 35.5 Å². The molecule has 0 atom stereocenters. The summed E-state index contributed by atoms with van der Waals surface area (Å²) < 4.78 is 47.9. The molecule has 0 radical (unpaired) electrons. The zero-order valence-corrected chi connectivity index (χ0v) is 38.7. The Morgan fingerprint density at radius 1 is 0.970 bits per heavy atom. The van der Waals surface area contributed by atoms with Crippen molar-refractivity contribution in [3.63, 3.8) is 0 Å². The Kier molecular flexibility index (Phi) is 13.4. The summed E-state index contributed by atoms with van der Waals surface area (Å²) in [5, 5.41) is 17.1. The van der Waals surface area contributed by atoms with E-state index in [0.29, 0.717) is 42.2 Å². The van der Waals surface area contributed by atoms with Crippen molar-refractivity contribution in [3.05, 3.63) is 117 Å². The lowest BCUT2D eigenvalue weighted by atomic mass is 9.87. The number of halogens is 1. The molecule has 0 bridgehead atoms. The minimum Gasteiger partial charge on any atom is -0.455 e. The molecule has 1 saturated carbocycles. The van der Waals surface area contributed by atoms with E-state index in [1.54, 1.807) is 24.4 Å². The number of nitrogens with one attached hydrogen (secondary N) is 3. The SMILES string of the molecule is CC1(C)CC(c2ccc(Cl)cc2)=C(CN2CCN(c3ccc(C(=O)NS(=O)(=O)c4ccc(NC5CCC(N6CCOCC6)CC5)c([N+](=O)[O-])c4)c(Oc4cnc5[nH]ccc5c4)c3)CC2)CO1. The Balaban J connectivity index is 0.904. The highest BCUT2D eigenvalue weighted by atomic mass is 35.5. The van der Waals surface area contributed by atoms with Crippen LogP contribution in [-0.4, -0.2) is 122 Å². The molecule has 16 nitrogen and oxygen atoms in total. The van der Waals surface area contributed by atoms with Crippen molar-refractivity contribution in [1.29, 1.82) is 0 Å². The summed E-state index contributed by atoms with van der Waals surface area (Å²) in [6.07, 6.45) is 7.62. The van der Waals surface area contributed by atoms with E-state index in [4.69, 9.17) is 25.8 Å². The number of carbonyl (C=O) groups excluding carboxylic acids is 1. The molecule has 1 amide bonds. The third-order valence-electron chi connectivity index (χ3n) is 13.1. The number of nitro groups is 1. The van der Waals surface area contributed by atoms with Crippen LogP contribution < -0.4 is 19.7 Å². The standard InChI is InChI=1S/C48H55ClN8O8S/c1-48(2)28-42(32-3-5-35(49)6-4-32)34(31-64-48)30-54-17-19-55(20-18-54)38-11-13-41(45(26-38)65-39-25-33-15-16-50-46(33)51-29-39)47(58)53-66(61,62)40-12-14-43(44(27-40)57(59)60)52-36-7-9-37(10-8-36)56-21-23-63-24-22-56/h3-6,11-16,25-27,29,36-37,52H,7-10,17-24,28,30-31H2,1-2H3,(H,50,51)(H,53,58). The molecule has 2 aromatic heterocycles. The molecule has 4 aliphatic rings. The fourth-order valence-electron chi connectivity index (χ4n) is 9.52. The zero-order chi connectivity index (χ0) is 46.0. The van der Waals surface area contributed by atoms with Crippen LogP contribution in [0.15, 0.2) is 95.7 Å². The quantitative estimate of drug-likeness (QED) is 0.0767. The molecule has 1 aliphatic carbocycles. The molecular weight excluding hydrogens is 884 g/mol. The van der Waals surface area contributed by atoms with E-state index in [0.717, 1.165) is 101 Å². The molecule has 9 rings (SSSR count). The number of fused-ring (bicyclic) bond motifs is 1. The second kappa shape index (κ2) is 19.3. The van der Waals surface area contributed by atoms with Crippen LogP contribution in [0.1, 0.15) is 61.9 Å². The van der Waals surface area contributed by atoms with Gasteiger partial charge in [0.2, 0.25) is 0 Å². The summed E-state index contributed by atoms with van der Waals surface area (Å²) in [5.41, 5.74) is 4.65. The largest absolute Gasteiger partial charge is 0.455 e. The first-order valence-electron chi connectivity index (χ1n) is 22.5. The van der Waals surface area contributed by atoms with Gasteiger partial charge in [-0.3, -0.25) is 24.7 Å². The lowest BCUT2D eigenvalue weighted by Crippen LogP contribution is -2.47. The fraction of sp³-hybridized carbons (Fsp3) is 0.417. The first kappa shape index (κ1) is 45.6. The minimum atomic E-state index is -4.58. The molecule has 5 aromatic rings. The average Bonchev–Trinajstić information content (AvgIpc) is 3.79. The highest BCUT2D eigenvalue weighted by Crippen LogP contribution is 2.38. The maximum atomic E-state index is 14.0. The Morgan fingerprint density at radius 2 is 1.73 bits per heavy atom. The molecule has 348 valence electrons. The Hall–Kier alpha value is -5.56. The molecule has 5 heterocycles. The number of ether oxygens (including phenoxy) is 3. The van der Waals surface area contributed by atoms with Crippen LogP contribution in [0.25, 0.3) is 16.6 Å². The lowest BCUT2D eigenvalue weighted by Gasteiger charge is -2.39. The van der Waals surface area contributed by atoms with Gasteiger partial charge in [0.15, 0.2) is 0 Å². The number of carbonyl (C=O) groups is 1. The number of morpholine rings is 1. The van der Waals surface area contributed by atoms with E-state index < -0.39 is 31.4 Å². The van der Waals surface area contributed by atoms with Crippen LogP contribution in [0.2, 0.25) is 5.02 Å². The van der Waals surface area contributed by atoms with Crippen LogP contribution in [0.5, 0.6) is 11.5 Å². The van der Waals surface area contributed by atoms with Gasteiger partial charge >= 0.3 is 0 Å². The van der Waals surface area contributed by atoms with E-state index in [1.807, 2.05) is 18.2 Å². The monoisotopic (exact) mass is 938 g/mol. The summed E-state index contributed by atoms with van der Waals surface area (Å²) in [6, 6.07) is 20.8. The Labute approximate surface area is 389 Å². The van der Waals surface area contributed by atoms with Crippen molar-refractivity contribution in [2.75, 3.05) is 75.9 Å². The van der Waals surface area contributed by atoms with Gasteiger partial charge in [0, 0.05) is 98.7 Å². The van der Waals surface area contributed by atoms with Crippen LogP contribution >= 0.6 is 11.6 Å². The van der Waals surface area contributed by atoms with E-state index in [2.05, 4.69) is 60.7 Å². The molecule has 3 N–H and O–H groups in total. The van der Waals surface area contributed by atoms with E-state index >= 15 is 0 Å². The number of piperazine rings is 1. The average molecular weight is 940 g/mol. The molecule has 0 spiro atoms. The number of nitro benzene ring substituents is 1. The van der Waals surface area contributed by atoms with Crippen molar-refractivity contribution in [1.82, 2.24) is 24.5 Å². The number of anilines is 2. The van der Waals surface area contributed by atoms with Crippen molar-refractivity contribution < 1.29 is 32.3 Å². The third kappa shape index (κ3) is 10.5. The number of sulfonamides is 1. The van der Waals surface area contributed by atoms with Gasteiger partial charge in [-0.05, 0) is 105 Å². The second-order valence-electron chi connectivity index (χ2n) is 18.1. The molecular formula is C48H55ClN8O8S. The first-order chi connectivity index (χ1) is 31.8. The van der Waals surface area contributed by atoms with Crippen LogP contribution in [0, 0.1) is 10.1 Å². The number of amides is 1. The molecule has 3 aliphatic heterocycles. The molecule has 0 unspecified atom stereocenters. The smallest absolute Gasteiger partial charge is 0.293 e. The van der Waals surface area contributed by atoms with Crippen LogP contribution in [-0.2, 0) is 19.5 Å². The van der Waals surface area contributed by atoms with Gasteiger partial charge in [-0.2, -0.15) is 0 Å². The Morgan fingerprint density at radius 3 is 2.47 bits per heavy atom. The zero-order valence-electron chi connectivity index (χ0n) is 37.1. The molecule has 66 heavy (non-hydrogen) atoms. The summed E-state index contributed by atoms with van der Waals surface area (Å²) in [7, 11) is -4.58. The normalized spacial score (nSPS) is 20.9. The number of H-pyrrole nitrogens is 1. The number of aromatic nitrogens is 2. The topological polar surface area (TPSA) is 184 Å². The van der Waals surface area contributed by atoms with Gasteiger partial charge < -0.3 is 29.4 Å². The molecule has 2 saturated heterocycles. The fourth-order valence-corrected chi connectivity index (χ4v) is 10.6.